The molecule has 1 aliphatic rings. The largest absolute Gasteiger partial charge is 0.330 e. The number of rotatable bonds is 5. The summed E-state index contributed by atoms with van der Waals surface area (Å²) in [5, 5.41) is 0. The SMILES string of the molecule is Cl.NCC1CCCCC1NS(=O)(=O)Cc1cccc(F)c1. The molecule has 1 aliphatic carbocycles. The molecule has 4 nitrogen and oxygen atoms in total. The number of sulfonamides is 1. The van der Waals surface area contributed by atoms with Gasteiger partial charge in [-0.25, -0.2) is 17.5 Å². The lowest BCUT2D eigenvalue weighted by atomic mass is 9.85. The predicted octanol–water partition coefficient (Wildman–Crippen LogP) is 2.18. The van der Waals surface area contributed by atoms with Gasteiger partial charge in [0.25, 0.3) is 0 Å². The van der Waals surface area contributed by atoms with E-state index in [1.54, 1.807) is 6.07 Å². The standard InChI is InChI=1S/C14H21FN2O2S.ClH/c15-13-6-3-4-11(8-13)10-20(18,19)17-14-7-2-1-5-12(14)9-16;/h3-4,6,8,12,14,17H,1-2,5,7,9-10,16H2;1H. The number of hydrogen-bond acceptors (Lipinski definition) is 3. The summed E-state index contributed by atoms with van der Waals surface area (Å²) in [6.45, 7) is 0.493. The van der Waals surface area contributed by atoms with Gasteiger partial charge in [-0.2, -0.15) is 0 Å². The maximum Gasteiger partial charge on any atom is 0.216 e. The van der Waals surface area contributed by atoms with E-state index in [1.165, 1.54) is 18.2 Å². The van der Waals surface area contributed by atoms with Crippen molar-refractivity contribution < 1.29 is 12.8 Å². The fourth-order valence-corrected chi connectivity index (χ4v) is 4.24. The third-order valence-electron chi connectivity index (χ3n) is 3.79. The molecule has 7 heteroatoms. The number of hydrogen-bond donors (Lipinski definition) is 2. The van der Waals surface area contributed by atoms with Crippen LogP contribution in [0.4, 0.5) is 4.39 Å². The van der Waals surface area contributed by atoms with Gasteiger partial charge in [0.05, 0.1) is 5.75 Å². The summed E-state index contributed by atoms with van der Waals surface area (Å²) < 4.78 is 40.2. The second-order valence-electron chi connectivity index (χ2n) is 5.39. The molecule has 1 saturated carbocycles. The Balaban J connectivity index is 0.00000220. The summed E-state index contributed by atoms with van der Waals surface area (Å²) in [7, 11) is -3.47. The Morgan fingerprint density at radius 3 is 2.67 bits per heavy atom. The second-order valence-corrected chi connectivity index (χ2v) is 7.15. The minimum absolute atomic E-state index is 0. The summed E-state index contributed by atoms with van der Waals surface area (Å²) >= 11 is 0. The molecule has 0 aliphatic heterocycles. The molecular weight excluding hydrogens is 315 g/mol. The zero-order valence-electron chi connectivity index (χ0n) is 11.8. The van der Waals surface area contributed by atoms with Crippen LogP contribution in [-0.2, 0) is 15.8 Å². The molecule has 21 heavy (non-hydrogen) atoms. The maximum atomic E-state index is 13.1. The van der Waals surface area contributed by atoms with Crippen LogP contribution in [0.25, 0.3) is 0 Å². The normalized spacial score (nSPS) is 22.6. The van der Waals surface area contributed by atoms with Crippen LogP contribution in [0.1, 0.15) is 31.2 Å². The third-order valence-corrected chi connectivity index (χ3v) is 5.16. The highest BCUT2D eigenvalue weighted by Gasteiger charge is 2.27. The first-order valence-electron chi connectivity index (χ1n) is 6.95. The van der Waals surface area contributed by atoms with Gasteiger partial charge >= 0.3 is 0 Å². The van der Waals surface area contributed by atoms with E-state index in [-0.39, 0.29) is 30.1 Å². The first-order valence-corrected chi connectivity index (χ1v) is 8.60. The summed E-state index contributed by atoms with van der Waals surface area (Å²) in [6.07, 6.45) is 3.90. The van der Waals surface area contributed by atoms with Gasteiger partial charge < -0.3 is 5.73 Å². The van der Waals surface area contributed by atoms with E-state index in [0.29, 0.717) is 12.1 Å². The van der Waals surface area contributed by atoms with E-state index in [0.717, 1.165) is 25.7 Å². The Morgan fingerprint density at radius 1 is 1.29 bits per heavy atom. The minimum Gasteiger partial charge on any atom is -0.330 e. The highest BCUT2D eigenvalue weighted by atomic mass is 35.5. The zero-order valence-corrected chi connectivity index (χ0v) is 13.4. The highest BCUT2D eigenvalue weighted by molar-refractivity contribution is 7.88. The topological polar surface area (TPSA) is 72.2 Å². The van der Waals surface area contributed by atoms with Crippen LogP contribution in [0.2, 0.25) is 0 Å². The van der Waals surface area contributed by atoms with Crippen LogP contribution < -0.4 is 10.5 Å². The maximum absolute atomic E-state index is 13.1. The molecule has 3 N–H and O–H groups in total. The molecule has 2 rings (SSSR count). The monoisotopic (exact) mass is 336 g/mol. The van der Waals surface area contributed by atoms with Crippen LogP contribution in [-0.4, -0.2) is 21.0 Å². The summed E-state index contributed by atoms with van der Waals surface area (Å²) in [6, 6.07) is 5.59. The number of benzene rings is 1. The number of halogens is 2. The smallest absolute Gasteiger partial charge is 0.216 e. The Morgan fingerprint density at radius 2 is 2.00 bits per heavy atom. The molecule has 120 valence electrons. The van der Waals surface area contributed by atoms with Gasteiger partial charge in [-0.3, -0.25) is 0 Å². The fourth-order valence-electron chi connectivity index (χ4n) is 2.76. The molecule has 1 aromatic rings. The average molecular weight is 337 g/mol. The lowest BCUT2D eigenvalue weighted by Crippen LogP contribution is -2.45. The molecule has 1 aromatic carbocycles. The first kappa shape index (κ1) is 18.4. The Kier molecular flexibility index (Phi) is 7.06. The molecule has 0 saturated heterocycles. The number of nitrogens with two attached hydrogens (primary N) is 1. The molecule has 1 fully saturated rings. The molecule has 0 bridgehead atoms. The van der Waals surface area contributed by atoms with Crippen LogP contribution in [0.15, 0.2) is 24.3 Å². The van der Waals surface area contributed by atoms with Crippen molar-refractivity contribution in [1.29, 1.82) is 0 Å². The second kappa shape index (κ2) is 8.08. The average Bonchev–Trinajstić information content (AvgIpc) is 2.38. The van der Waals surface area contributed by atoms with Gasteiger partial charge in [0.15, 0.2) is 0 Å². The van der Waals surface area contributed by atoms with E-state index in [4.69, 9.17) is 5.73 Å². The van der Waals surface area contributed by atoms with E-state index in [2.05, 4.69) is 4.72 Å². The van der Waals surface area contributed by atoms with Crippen molar-refractivity contribution in [2.45, 2.75) is 37.5 Å². The van der Waals surface area contributed by atoms with Crippen molar-refractivity contribution in [1.82, 2.24) is 4.72 Å². The third kappa shape index (κ3) is 5.54. The predicted molar refractivity (Wildman–Crippen MR) is 84.2 cm³/mol. The summed E-state index contributed by atoms with van der Waals surface area (Å²) in [5.41, 5.74) is 6.16. The number of nitrogens with one attached hydrogen (secondary N) is 1. The van der Waals surface area contributed by atoms with Crippen molar-refractivity contribution in [3.8, 4) is 0 Å². The van der Waals surface area contributed by atoms with Gasteiger partial charge in [0, 0.05) is 6.04 Å². The van der Waals surface area contributed by atoms with Crippen LogP contribution in [0.3, 0.4) is 0 Å². The van der Waals surface area contributed by atoms with E-state index < -0.39 is 15.8 Å². The minimum atomic E-state index is -3.47. The van der Waals surface area contributed by atoms with Crippen LogP contribution >= 0.6 is 12.4 Å². The zero-order chi connectivity index (χ0) is 14.6. The van der Waals surface area contributed by atoms with Gasteiger partial charge in [0.2, 0.25) is 10.0 Å². The molecule has 0 radical (unpaired) electrons. The van der Waals surface area contributed by atoms with Gasteiger partial charge in [-0.1, -0.05) is 25.0 Å². The highest BCUT2D eigenvalue weighted by Crippen LogP contribution is 2.24. The van der Waals surface area contributed by atoms with E-state index in [1.807, 2.05) is 0 Å². The van der Waals surface area contributed by atoms with E-state index >= 15 is 0 Å². The molecular formula is C14H22ClFN2O2S. The molecule has 2 unspecified atom stereocenters. The van der Waals surface area contributed by atoms with Crippen molar-refractivity contribution in [3.05, 3.63) is 35.6 Å². The Bertz CT molecular complexity index is 554. The summed E-state index contributed by atoms with van der Waals surface area (Å²) in [4.78, 5) is 0. The molecule has 0 aromatic heterocycles. The molecule has 0 heterocycles. The molecule has 0 spiro atoms. The van der Waals surface area contributed by atoms with E-state index in [9.17, 15) is 12.8 Å². The fraction of sp³-hybridized carbons (Fsp3) is 0.571. The lowest BCUT2D eigenvalue weighted by molar-refractivity contribution is 0.296. The summed E-state index contributed by atoms with van der Waals surface area (Å²) in [5.74, 6) is -0.417. The van der Waals surface area contributed by atoms with Crippen LogP contribution in [0, 0.1) is 11.7 Å². The van der Waals surface area contributed by atoms with Crippen molar-refractivity contribution in [2.75, 3.05) is 6.54 Å². The lowest BCUT2D eigenvalue weighted by Gasteiger charge is -2.31. The van der Waals surface area contributed by atoms with Crippen molar-refractivity contribution in [2.24, 2.45) is 11.7 Å². The van der Waals surface area contributed by atoms with Gasteiger partial charge in [0.1, 0.15) is 5.82 Å². The first-order chi connectivity index (χ1) is 9.50. The van der Waals surface area contributed by atoms with Crippen molar-refractivity contribution >= 4 is 22.4 Å². The quantitative estimate of drug-likeness (QED) is 0.865. The molecule has 2 atom stereocenters. The molecule has 0 amide bonds. The van der Waals surface area contributed by atoms with Crippen molar-refractivity contribution in [3.63, 3.8) is 0 Å². The van der Waals surface area contributed by atoms with Gasteiger partial charge in [-0.05, 0) is 43.0 Å². The van der Waals surface area contributed by atoms with Gasteiger partial charge in [-0.15, -0.1) is 12.4 Å². The van der Waals surface area contributed by atoms with Crippen LogP contribution in [0.5, 0.6) is 0 Å². The Hall–Kier alpha value is -0.690. The Labute approximate surface area is 131 Å².